The molecule has 5 aromatic rings. The number of nitrogens with one attached hydrogen (secondary N) is 2. The van der Waals surface area contributed by atoms with Gasteiger partial charge in [0.2, 0.25) is 5.91 Å². The minimum absolute atomic E-state index is 0.0769. The molecule has 3 aliphatic rings. The molecule has 1 aliphatic carbocycles. The van der Waals surface area contributed by atoms with Crippen LogP contribution in [0.15, 0.2) is 67.1 Å². The van der Waals surface area contributed by atoms with Crippen LogP contribution in [0, 0.1) is 5.92 Å². The maximum absolute atomic E-state index is 14.1. The van der Waals surface area contributed by atoms with E-state index in [0.29, 0.717) is 35.0 Å². The number of carbonyl (C=O) groups excluding carboxylic acids is 3. The lowest BCUT2D eigenvalue weighted by Gasteiger charge is -2.37. The van der Waals surface area contributed by atoms with E-state index in [2.05, 4.69) is 36.7 Å². The second-order valence-electron chi connectivity index (χ2n) is 14.9. The second kappa shape index (κ2) is 15.2. The van der Waals surface area contributed by atoms with Gasteiger partial charge in [0.15, 0.2) is 0 Å². The van der Waals surface area contributed by atoms with E-state index < -0.39 is 41.5 Å². The molecular formula is C40H39F5N8O3. The Kier molecular flexibility index (Phi) is 10.2. The smallest absolute Gasteiger partial charge is 0.320 e. The highest BCUT2D eigenvalue weighted by molar-refractivity contribution is 6.10. The Balaban J connectivity index is 0.877. The van der Waals surface area contributed by atoms with Crippen LogP contribution >= 0.6 is 0 Å². The summed E-state index contributed by atoms with van der Waals surface area (Å²) >= 11 is 0. The largest absolute Gasteiger partial charge is 0.433 e. The van der Waals surface area contributed by atoms with Gasteiger partial charge < -0.3 is 10.2 Å². The lowest BCUT2D eigenvalue weighted by molar-refractivity contribution is -0.141. The Morgan fingerprint density at radius 1 is 0.929 bits per heavy atom. The minimum atomic E-state index is -4.76. The first-order chi connectivity index (χ1) is 26.9. The van der Waals surface area contributed by atoms with Crippen LogP contribution in [0.1, 0.15) is 90.6 Å². The summed E-state index contributed by atoms with van der Waals surface area (Å²) < 4.78 is 69.5. The van der Waals surface area contributed by atoms with Crippen molar-refractivity contribution >= 4 is 50.9 Å². The molecule has 0 bridgehead atoms. The second-order valence-corrected chi connectivity index (χ2v) is 14.9. The molecule has 8 rings (SSSR count). The van der Waals surface area contributed by atoms with Crippen molar-refractivity contribution in [2.24, 2.45) is 5.92 Å². The number of rotatable bonds is 8. The average molecular weight is 775 g/mol. The zero-order valence-corrected chi connectivity index (χ0v) is 30.2. The summed E-state index contributed by atoms with van der Waals surface area (Å²) in [6.07, 6.45) is 3.55. The Morgan fingerprint density at radius 2 is 1.70 bits per heavy atom. The van der Waals surface area contributed by atoms with E-state index >= 15 is 0 Å². The van der Waals surface area contributed by atoms with Crippen molar-refractivity contribution in [3.8, 4) is 0 Å². The topological polar surface area (TPSA) is 125 Å². The van der Waals surface area contributed by atoms with Crippen molar-refractivity contribution in [1.29, 1.82) is 0 Å². The lowest BCUT2D eigenvalue weighted by Crippen LogP contribution is -2.49. The van der Waals surface area contributed by atoms with Gasteiger partial charge in [-0.05, 0) is 93.3 Å². The van der Waals surface area contributed by atoms with Gasteiger partial charge in [-0.3, -0.25) is 29.5 Å². The van der Waals surface area contributed by atoms with Crippen molar-refractivity contribution in [3.63, 3.8) is 0 Å². The third-order valence-corrected chi connectivity index (χ3v) is 11.3. The third-order valence-electron chi connectivity index (χ3n) is 11.3. The van der Waals surface area contributed by atoms with Crippen LogP contribution in [-0.4, -0.2) is 68.7 Å². The molecule has 16 heteroatoms. The van der Waals surface area contributed by atoms with Gasteiger partial charge in [-0.2, -0.15) is 18.3 Å². The molecule has 0 unspecified atom stereocenters. The Hall–Kier alpha value is -5.51. The molecule has 0 spiro atoms. The predicted molar refractivity (Wildman–Crippen MR) is 199 cm³/mol. The number of urea groups is 1. The van der Waals surface area contributed by atoms with Crippen LogP contribution in [0.4, 0.5) is 38.1 Å². The van der Waals surface area contributed by atoms with Crippen LogP contribution in [0.3, 0.4) is 0 Å². The van der Waals surface area contributed by atoms with Gasteiger partial charge in [0, 0.05) is 53.6 Å². The molecule has 2 N–H and O–H groups in total. The quantitative estimate of drug-likeness (QED) is 0.152. The van der Waals surface area contributed by atoms with E-state index in [0.717, 1.165) is 87.1 Å². The molecule has 2 saturated heterocycles. The number of imide groups is 1. The van der Waals surface area contributed by atoms with E-state index in [1.54, 1.807) is 17.3 Å². The fourth-order valence-electron chi connectivity index (χ4n) is 8.44. The number of alkyl halides is 5. The molecule has 4 amide bonds. The zero-order chi connectivity index (χ0) is 39.1. The first kappa shape index (κ1) is 37.4. The number of amides is 4. The fraction of sp³-hybridized carbons (Fsp3) is 0.400. The van der Waals surface area contributed by atoms with E-state index in [-0.39, 0.29) is 24.1 Å². The van der Waals surface area contributed by atoms with Crippen LogP contribution in [0.2, 0.25) is 0 Å². The van der Waals surface area contributed by atoms with E-state index in [1.807, 2.05) is 23.0 Å². The summed E-state index contributed by atoms with van der Waals surface area (Å²) in [6.45, 7) is 3.23. The summed E-state index contributed by atoms with van der Waals surface area (Å²) in [5.41, 5.74) is -0.230. The highest BCUT2D eigenvalue weighted by atomic mass is 19.4. The number of hydrogen-bond donors (Lipinski definition) is 2. The zero-order valence-electron chi connectivity index (χ0n) is 30.2. The van der Waals surface area contributed by atoms with E-state index in [9.17, 15) is 36.3 Å². The average Bonchev–Trinajstić information content (AvgIpc) is 3.61. The molecule has 2 aliphatic heterocycles. The Morgan fingerprint density at radius 3 is 2.43 bits per heavy atom. The summed E-state index contributed by atoms with van der Waals surface area (Å²) in [6, 6.07) is 11.3. The van der Waals surface area contributed by atoms with Crippen LogP contribution in [0.5, 0.6) is 0 Å². The molecule has 56 heavy (non-hydrogen) atoms. The molecule has 292 valence electrons. The lowest BCUT2D eigenvalue weighted by atomic mass is 9.84. The Labute approximate surface area is 318 Å². The number of carbonyl (C=O) groups is 3. The highest BCUT2D eigenvalue weighted by Crippen LogP contribution is 2.39. The molecule has 0 radical (unpaired) electrons. The third kappa shape index (κ3) is 7.66. The van der Waals surface area contributed by atoms with Crippen molar-refractivity contribution < 1.29 is 36.3 Å². The van der Waals surface area contributed by atoms with Crippen molar-refractivity contribution in [2.75, 3.05) is 36.4 Å². The number of hydrogen-bond acceptors (Lipinski definition) is 7. The molecule has 1 saturated carbocycles. The van der Waals surface area contributed by atoms with Gasteiger partial charge in [-0.25, -0.2) is 18.6 Å². The molecule has 0 atom stereocenters. The molecule has 11 nitrogen and oxygen atoms in total. The minimum Gasteiger partial charge on any atom is -0.320 e. The van der Waals surface area contributed by atoms with Crippen molar-refractivity contribution in [2.45, 2.75) is 69.5 Å². The van der Waals surface area contributed by atoms with Gasteiger partial charge in [-0.1, -0.05) is 24.3 Å². The number of likely N-dealkylation sites (tertiary alicyclic amines) is 1. The van der Waals surface area contributed by atoms with Crippen LogP contribution < -0.4 is 15.5 Å². The van der Waals surface area contributed by atoms with Gasteiger partial charge in [0.1, 0.15) is 11.4 Å². The molecule has 3 fully saturated rings. The summed E-state index contributed by atoms with van der Waals surface area (Å²) in [4.78, 5) is 49.1. The number of benzene rings is 2. The number of pyridine rings is 2. The number of aromatic nitrogens is 4. The number of halogens is 5. The number of piperidine rings is 1. The highest BCUT2D eigenvalue weighted by Gasteiger charge is 2.34. The maximum Gasteiger partial charge on any atom is 0.433 e. The van der Waals surface area contributed by atoms with E-state index in [4.69, 9.17) is 0 Å². The van der Waals surface area contributed by atoms with E-state index in [1.165, 1.54) is 17.7 Å². The molecule has 3 aromatic heterocycles. The maximum atomic E-state index is 14.1. The van der Waals surface area contributed by atoms with Crippen LogP contribution in [0.25, 0.3) is 21.7 Å². The molecular weight excluding hydrogens is 735 g/mol. The predicted octanol–water partition coefficient (Wildman–Crippen LogP) is 8.25. The van der Waals surface area contributed by atoms with Gasteiger partial charge in [0.25, 0.3) is 12.3 Å². The van der Waals surface area contributed by atoms with Gasteiger partial charge >= 0.3 is 12.2 Å². The normalized spacial score (nSPS) is 20.2. The van der Waals surface area contributed by atoms with Gasteiger partial charge in [-0.15, -0.1) is 0 Å². The first-order valence-corrected chi connectivity index (χ1v) is 18.8. The van der Waals surface area contributed by atoms with Crippen LogP contribution in [-0.2, 0) is 11.0 Å². The molecule has 5 heterocycles. The summed E-state index contributed by atoms with van der Waals surface area (Å²) in [5.74, 6) is -0.444. The standard InChI is InChI=1S/C40H39F5N8O3/c41-37(42)29-18-32-25(17-33(29)48-38(55)31-5-2-6-35(47-31)40(43,44)45)22-53(50-32)26-9-7-23(8-10-26)21-51-14-11-24(12-15-51)27-3-1-4-28-30(27)19-46-20-34(28)52-16-13-36(54)49-39(52)56/h1-6,17-20,22-24,26,37H,7-16,21H2,(H,48,55)(H,49,54,56). The van der Waals surface area contributed by atoms with Crippen molar-refractivity contribution in [1.82, 2.24) is 30.0 Å². The summed E-state index contributed by atoms with van der Waals surface area (Å²) in [7, 11) is 0. The summed E-state index contributed by atoms with van der Waals surface area (Å²) in [5, 5.41) is 11.8. The SMILES string of the molecule is O=C1CCN(c2cncc3c(C4CCN(CC5CCC(n6cc7cc(NC(=O)c8cccc(C(F)(F)F)n8)c(C(F)F)cc7n6)CC5)CC4)cccc23)C(=O)N1. The number of fused-ring (bicyclic) bond motifs is 2. The van der Waals surface area contributed by atoms with Gasteiger partial charge in [0.05, 0.1) is 29.1 Å². The van der Waals surface area contributed by atoms with Crippen molar-refractivity contribution in [3.05, 3.63) is 89.6 Å². The Bertz CT molecular complexity index is 2300. The fourth-order valence-corrected chi connectivity index (χ4v) is 8.44. The number of anilines is 2. The monoisotopic (exact) mass is 774 g/mol. The molecule has 2 aromatic carbocycles. The first-order valence-electron chi connectivity index (χ1n) is 18.8. The number of nitrogens with zero attached hydrogens (tertiary/aromatic N) is 6.